The van der Waals surface area contributed by atoms with Crippen LogP contribution in [0.2, 0.25) is 0 Å². The van der Waals surface area contributed by atoms with Gasteiger partial charge in [0, 0.05) is 43.7 Å². The molecule has 3 rings (SSSR count). The van der Waals surface area contributed by atoms with Crippen molar-refractivity contribution in [2.75, 3.05) is 13.1 Å². The van der Waals surface area contributed by atoms with E-state index in [1.807, 2.05) is 18.2 Å². The highest BCUT2D eigenvalue weighted by molar-refractivity contribution is 5.97. The van der Waals surface area contributed by atoms with Crippen molar-refractivity contribution in [3.63, 3.8) is 0 Å². The predicted octanol–water partition coefficient (Wildman–Crippen LogP) is 1.44. The monoisotopic (exact) mass is 324 g/mol. The van der Waals surface area contributed by atoms with Crippen molar-refractivity contribution in [1.29, 1.82) is 0 Å². The topological polar surface area (TPSA) is 75.2 Å². The van der Waals surface area contributed by atoms with Crippen molar-refractivity contribution < 1.29 is 9.59 Å². The van der Waals surface area contributed by atoms with Gasteiger partial charge in [-0.05, 0) is 25.0 Å². The summed E-state index contributed by atoms with van der Waals surface area (Å²) in [6.45, 7) is 1.11. The lowest BCUT2D eigenvalue weighted by atomic mass is 10.1. The highest BCUT2D eigenvalue weighted by Gasteiger charge is 2.34. The van der Waals surface area contributed by atoms with Crippen LogP contribution in [0.4, 0.5) is 0 Å². The molecule has 1 aromatic heterocycles. The van der Waals surface area contributed by atoms with Gasteiger partial charge in [0.15, 0.2) is 0 Å². The zero-order valence-electron chi connectivity index (χ0n) is 13.4. The molecule has 1 saturated heterocycles. The summed E-state index contributed by atoms with van der Waals surface area (Å²) in [5, 5.41) is 2.91. The molecule has 2 heterocycles. The number of nitrogens with zero attached hydrogens (tertiary/aromatic N) is 3. The van der Waals surface area contributed by atoms with Crippen LogP contribution >= 0.6 is 0 Å². The Morgan fingerprint density at radius 3 is 2.79 bits per heavy atom. The number of rotatable bonds is 5. The second-order valence-corrected chi connectivity index (χ2v) is 5.76. The summed E-state index contributed by atoms with van der Waals surface area (Å²) in [6.07, 6.45) is 7.12. The largest absolute Gasteiger partial charge is 0.354 e. The van der Waals surface area contributed by atoms with Gasteiger partial charge in [-0.1, -0.05) is 18.2 Å². The average Bonchev–Trinajstić information content (AvgIpc) is 3.12. The number of hydrogen-bond donors (Lipinski definition) is 1. The molecular formula is C18H20N4O2. The molecule has 1 aliphatic heterocycles. The van der Waals surface area contributed by atoms with Gasteiger partial charge in [0.25, 0.3) is 5.91 Å². The molecule has 1 fully saturated rings. The third kappa shape index (κ3) is 3.76. The molecule has 1 aliphatic rings. The molecule has 0 radical (unpaired) electrons. The molecule has 124 valence electrons. The molecule has 0 saturated carbocycles. The number of nitrogens with one attached hydrogen (secondary N) is 1. The van der Waals surface area contributed by atoms with Crippen LogP contribution in [-0.4, -0.2) is 45.8 Å². The Kier molecular flexibility index (Phi) is 5.15. The molecule has 6 heteroatoms. The maximum Gasteiger partial charge on any atom is 0.254 e. The first-order valence-corrected chi connectivity index (χ1v) is 8.14. The fourth-order valence-corrected chi connectivity index (χ4v) is 2.92. The lowest BCUT2D eigenvalue weighted by molar-refractivity contribution is -0.124. The van der Waals surface area contributed by atoms with Crippen molar-refractivity contribution in [2.24, 2.45) is 0 Å². The summed E-state index contributed by atoms with van der Waals surface area (Å²) in [4.78, 5) is 34.9. The smallest absolute Gasteiger partial charge is 0.254 e. The third-order valence-electron chi connectivity index (χ3n) is 4.13. The maximum absolute atomic E-state index is 12.6. The number of carbonyl (C=O) groups excluding carboxylic acids is 2. The Bertz CT molecular complexity index is 691. The number of likely N-dealkylation sites (tertiary alicyclic amines) is 1. The van der Waals surface area contributed by atoms with Gasteiger partial charge in [-0.2, -0.15) is 0 Å². The Labute approximate surface area is 140 Å². The van der Waals surface area contributed by atoms with E-state index in [1.165, 1.54) is 0 Å². The molecule has 2 amide bonds. The first-order chi connectivity index (χ1) is 11.8. The van der Waals surface area contributed by atoms with Crippen molar-refractivity contribution in [1.82, 2.24) is 20.2 Å². The fourth-order valence-electron chi connectivity index (χ4n) is 2.92. The second kappa shape index (κ2) is 7.68. The Balaban J connectivity index is 1.56. The van der Waals surface area contributed by atoms with Crippen LogP contribution in [0.5, 0.6) is 0 Å². The molecule has 1 unspecified atom stereocenters. The quantitative estimate of drug-likeness (QED) is 0.903. The fraction of sp³-hybridized carbons (Fsp3) is 0.333. The maximum atomic E-state index is 12.6. The molecule has 0 aliphatic carbocycles. The minimum atomic E-state index is -0.389. The van der Waals surface area contributed by atoms with E-state index in [1.54, 1.807) is 35.6 Å². The molecule has 1 N–H and O–H groups in total. The molecule has 2 aromatic rings. The molecule has 1 aromatic carbocycles. The van der Waals surface area contributed by atoms with Gasteiger partial charge >= 0.3 is 0 Å². The summed E-state index contributed by atoms with van der Waals surface area (Å²) in [5.74, 6) is -0.178. The minimum Gasteiger partial charge on any atom is -0.354 e. The van der Waals surface area contributed by atoms with E-state index in [4.69, 9.17) is 0 Å². The highest BCUT2D eigenvalue weighted by Crippen LogP contribution is 2.20. The number of benzene rings is 1. The van der Waals surface area contributed by atoms with Crippen LogP contribution < -0.4 is 5.32 Å². The number of aromatic nitrogens is 2. The van der Waals surface area contributed by atoms with Crippen LogP contribution in [0.25, 0.3) is 0 Å². The molecule has 24 heavy (non-hydrogen) atoms. The molecule has 6 nitrogen and oxygen atoms in total. The lowest BCUT2D eigenvalue weighted by Gasteiger charge is -2.24. The molecule has 0 spiro atoms. The Hall–Kier alpha value is -2.76. The molecule has 0 bridgehead atoms. The second-order valence-electron chi connectivity index (χ2n) is 5.76. The summed E-state index contributed by atoms with van der Waals surface area (Å²) >= 11 is 0. The summed E-state index contributed by atoms with van der Waals surface area (Å²) < 4.78 is 0. The van der Waals surface area contributed by atoms with Crippen LogP contribution in [0.15, 0.2) is 48.9 Å². The first-order valence-electron chi connectivity index (χ1n) is 8.14. The van der Waals surface area contributed by atoms with Gasteiger partial charge < -0.3 is 10.2 Å². The molecule has 1 atom stereocenters. The minimum absolute atomic E-state index is 0.0813. The third-order valence-corrected chi connectivity index (χ3v) is 4.13. The van der Waals surface area contributed by atoms with Crippen molar-refractivity contribution in [3.05, 3.63) is 60.2 Å². The van der Waals surface area contributed by atoms with Crippen molar-refractivity contribution in [2.45, 2.75) is 25.3 Å². The molecular weight excluding hydrogens is 304 g/mol. The van der Waals surface area contributed by atoms with Gasteiger partial charge in [-0.25, -0.2) is 0 Å². The van der Waals surface area contributed by atoms with Crippen molar-refractivity contribution >= 4 is 11.8 Å². The standard InChI is InChI=1S/C18H20N4O2/c23-17(21-9-8-15-13-19-10-11-20-15)16-7-4-12-22(16)18(24)14-5-2-1-3-6-14/h1-3,5-6,10-11,13,16H,4,7-9,12H2,(H,21,23). The lowest BCUT2D eigenvalue weighted by Crippen LogP contribution is -2.46. The van der Waals surface area contributed by atoms with E-state index in [-0.39, 0.29) is 17.9 Å². The SMILES string of the molecule is O=C(NCCc1cnccn1)C1CCCN1C(=O)c1ccccc1. The van der Waals surface area contributed by atoms with E-state index in [0.717, 1.165) is 12.1 Å². The van der Waals surface area contributed by atoms with Crippen LogP contribution in [0.1, 0.15) is 28.9 Å². The van der Waals surface area contributed by atoms with Gasteiger partial charge in [0.05, 0.1) is 5.69 Å². The van der Waals surface area contributed by atoms with Crippen LogP contribution in [0.3, 0.4) is 0 Å². The first kappa shape index (κ1) is 16.1. The zero-order valence-corrected chi connectivity index (χ0v) is 13.4. The normalized spacial score (nSPS) is 16.8. The van der Waals surface area contributed by atoms with E-state index in [9.17, 15) is 9.59 Å². The average molecular weight is 324 g/mol. The van der Waals surface area contributed by atoms with Gasteiger partial charge in [-0.15, -0.1) is 0 Å². The van der Waals surface area contributed by atoms with E-state index >= 15 is 0 Å². The predicted molar refractivity (Wildman–Crippen MR) is 89.2 cm³/mol. The Morgan fingerprint density at radius 1 is 1.21 bits per heavy atom. The van der Waals surface area contributed by atoms with Gasteiger partial charge in [0.1, 0.15) is 6.04 Å². The summed E-state index contributed by atoms with van der Waals surface area (Å²) in [7, 11) is 0. The Morgan fingerprint density at radius 2 is 2.04 bits per heavy atom. The van der Waals surface area contributed by atoms with E-state index < -0.39 is 0 Å². The summed E-state index contributed by atoms with van der Waals surface area (Å²) in [5.41, 5.74) is 1.46. The van der Waals surface area contributed by atoms with Crippen LogP contribution in [-0.2, 0) is 11.2 Å². The number of hydrogen-bond acceptors (Lipinski definition) is 4. The van der Waals surface area contributed by atoms with Crippen LogP contribution in [0, 0.1) is 0 Å². The van der Waals surface area contributed by atoms with Gasteiger partial charge in [0.2, 0.25) is 5.91 Å². The van der Waals surface area contributed by atoms with E-state index in [0.29, 0.717) is 31.5 Å². The number of amides is 2. The summed E-state index contributed by atoms with van der Waals surface area (Å²) in [6, 6.07) is 8.71. The number of carbonyl (C=O) groups is 2. The zero-order chi connectivity index (χ0) is 16.8. The highest BCUT2D eigenvalue weighted by atomic mass is 16.2. The van der Waals surface area contributed by atoms with E-state index in [2.05, 4.69) is 15.3 Å². The van der Waals surface area contributed by atoms with Gasteiger partial charge in [-0.3, -0.25) is 19.6 Å². The van der Waals surface area contributed by atoms with Crippen molar-refractivity contribution in [3.8, 4) is 0 Å².